The quantitative estimate of drug-likeness (QED) is 0.712. The van der Waals surface area contributed by atoms with E-state index >= 15 is 0 Å². The van der Waals surface area contributed by atoms with Gasteiger partial charge in [-0.05, 0) is 25.8 Å². The summed E-state index contributed by atoms with van der Waals surface area (Å²) in [6.07, 6.45) is 6.74. The highest BCUT2D eigenvalue weighted by Crippen LogP contribution is 2.12. The second kappa shape index (κ2) is 4.80. The van der Waals surface area contributed by atoms with Gasteiger partial charge in [0.25, 0.3) is 0 Å². The van der Waals surface area contributed by atoms with Crippen LogP contribution >= 0.6 is 0 Å². The average molecular weight is 196 g/mol. The van der Waals surface area contributed by atoms with Gasteiger partial charge in [0, 0.05) is 32.2 Å². The zero-order chi connectivity index (χ0) is 9.80. The van der Waals surface area contributed by atoms with Crippen LogP contribution in [0.4, 0.5) is 0 Å². The summed E-state index contributed by atoms with van der Waals surface area (Å²) in [5, 5.41) is 3.45. The third-order valence-corrected chi connectivity index (χ3v) is 2.94. The number of hydrogen-bond acceptors (Lipinski definition) is 3. The molecule has 80 valence electrons. The van der Waals surface area contributed by atoms with Gasteiger partial charge in [-0.1, -0.05) is 0 Å². The first-order chi connectivity index (χ1) is 6.84. The largest absolute Gasteiger partial charge is 0.497 e. The van der Waals surface area contributed by atoms with E-state index in [0.29, 0.717) is 12.1 Å². The van der Waals surface area contributed by atoms with E-state index in [2.05, 4.69) is 23.2 Å². The molecule has 0 aromatic rings. The van der Waals surface area contributed by atoms with Gasteiger partial charge in [-0.3, -0.25) is 4.90 Å². The number of nitrogens with one attached hydrogen (secondary N) is 1. The predicted molar refractivity (Wildman–Crippen MR) is 57.2 cm³/mol. The Morgan fingerprint density at radius 2 is 2.50 bits per heavy atom. The summed E-state index contributed by atoms with van der Waals surface area (Å²) in [6.45, 7) is 6.77. The molecule has 2 heterocycles. The molecule has 0 aromatic heterocycles. The van der Waals surface area contributed by atoms with E-state index in [9.17, 15) is 0 Å². The summed E-state index contributed by atoms with van der Waals surface area (Å²) in [5.41, 5.74) is 0. The molecule has 0 spiro atoms. The minimum absolute atomic E-state index is 0.422. The lowest BCUT2D eigenvalue weighted by Gasteiger charge is -2.34. The number of nitrogens with zero attached hydrogens (tertiary/aromatic N) is 1. The molecule has 1 fully saturated rings. The molecule has 0 radical (unpaired) electrons. The van der Waals surface area contributed by atoms with Gasteiger partial charge in [-0.2, -0.15) is 0 Å². The molecule has 1 saturated heterocycles. The Morgan fingerprint density at radius 1 is 1.57 bits per heavy atom. The molecule has 2 aliphatic rings. The second-order valence-corrected chi connectivity index (χ2v) is 4.32. The van der Waals surface area contributed by atoms with Gasteiger partial charge in [0.15, 0.2) is 0 Å². The summed E-state index contributed by atoms with van der Waals surface area (Å²) in [7, 11) is 0. The zero-order valence-electron chi connectivity index (χ0n) is 8.91. The van der Waals surface area contributed by atoms with Crippen LogP contribution < -0.4 is 5.32 Å². The van der Waals surface area contributed by atoms with Crippen molar-refractivity contribution in [1.82, 2.24) is 10.2 Å². The Kier molecular flexibility index (Phi) is 3.43. The minimum Gasteiger partial charge on any atom is -0.497 e. The van der Waals surface area contributed by atoms with Crippen molar-refractivity contribution in [2.45, 2.75) is 31.9 Å². The minimum atomic E-state index is 0.422. The van der Waals surface area contributed by atoms with Crippen LogP contribution in [-0.4, -0.2) is 43.2 Å². The van der Waals surface area contributed by atoms with Gasteiger partial charge >= 0.3 is 0 Å². The van der Waals surface area contributed by atoms with Crippen LogP contribution in [0.2, 0.25) is 0 Å². The molecule has 0 aliphatic carbocycles. The van der Waals surface area contributed by atoms with Gasteiger partial charge in [-0.15, -0.1) is 0 Å². The molecule has 2 rings (SSSR count). The maximum Gasteiger partial charge on any atom is 0.111 e. The lowest BCUT2D eigenvalue weighted by molar-refractivity contribution is 0.0680. The third-order valence-electron chi connectivity index (χ3n) is 2.94. The van der Waals surface area contributed by atoms with Gasteiger partial charge in [0.05, 0.1) is 6.26 Å². The maximum atomic E-state index is 5.57. The van der Waals surface area contributed by atoms with Crippen molar-refractivity contribution >= 4 is 0 Å². The second-order valence-electron chi connectivity index (χ2n) is 4.32. The van der Waals surface area contributed by atoms with Crippen LogP contribution in [0.1, 0.15) is 19.8 Å². The third kappa shape index (κ3) is 2.72. The topological polar surface area (TPSA) is 24.5 Å². The molecule has 0 saturated carbocycles. The van der Waals surface area contributed by atoms with Crippen LogP contribution in [0.25, 0.3) is 0 Å². The smallest absolute Gasteiger partial charge is 0.111 e. The molecular formula is C11H20N2O. The predicted octanol–water partition coefficient (Wildman–Crippen LogP) is 0.973. The van der Waals surface area contributed by atoms with E-state index in [1.165, 1.54) is 12.8 Å². The van der Waals surface area contributed by atoms with E-state index in [0.717, 1.165) is 26.2 Å². The monoisotopic (exact) mass is 196 g/mol. The van der Waals surface area contributed by atoms with Gasteiger partial charge < -0.3 is 10.1 Å². The number of allylic oxidation sites excluding steroid dienone is 1. The highest BCUT2D eigenvalue weighted by molar-refractivity contribution is 4.85. The van der Waals surface area contributed by atoms with Crippen LogP contribution in [-0.2, 0) is 4.74 Å². The lowest BCUT2D eigenvalue weighted by atomic mass is 10.1. The normalized spacial score (nSPS) is 34.1. The summed E-state index contributed by atoms with van der Waals surface area (Å²) < 4.78 is 5.57. The number of hydrogen-bond donors (Lipinski definition) is 1. The van der Waals surface area contributed by atoms with Crippen LogP contribution in [0.15, 0.2) is 12.3 Å². The van der Waals surface area contributed by atoms with E-state index < -0.39 is 0 Å². The number of rotatable bonds is 2. The van der Waals surface area contributed by atoms with E-state index in [1.807, 2.05) is 6.26 Å². The summed E-state index contributed by atoms with van der Waals surface area (Å²) >= 11 is 0. The lowest BCUT2D eigenvalue weighted by Crippen LogP contribution is -2.51. The van der Waals surface area contributed by atoms with Crippen molar-refractivity contribution in [3.05, 3.63) is 12.3 Å². The Labute approximate surface area is 86.1 Å². The molecule has 14 heavy (non-hydrogen) atoms. The first-order valence-electron chi connectivity index (χ1n) is 5.61. The standard InChI is InChI=1S/C11H20N2O/c1-10-8-13(6-5-12-10)9-11-4-2-3-7-14-11/h3,7,10-12H,2,4-6,8-9H2,1H3/t10-,11?/m1/s1. The summed E-state index contributed by atoms with van der Waals surface area (Å²) in [6, 6.07) is 0.628. The van der Waals surface area contributed by atoms with Crippen LogP contribution in [0, 0.1) is 0 Å². The molecule has 1 N–H and O–H groups in total. The molecule has 1 unspecified atom stereocenters. The number of ether oxygens (including phenoxy) is 1. The first-order valence-corrected chi connectivity index (χ1v) is 5.61. The average Bonchev–Trinajstić information content (AvgIpc) is 2.19. The molecule has 0 bridgehead atoms. The molecular weight excluding hydrogens is 176 g/mol. The van der Waals surface area contributed by atoms with E-state index in [4.69, 9.17) is 4.74 Å². The van der Waals surface area contributed by atoms with Crippen molar-refractivity contribution in [3.63, 3.8) is 0 Å². The fourth-order valence-electron chi connectivity index (χ4n) is 2.19. The molecule has 0 amide bonds. The Bertz CT molecular complexity index is 205. The Hall–Kier alpha value is -0.540. The SMILES string of the molecule is C[C@@H]1CN(CC2CCC=CO2)CCN1. The summed E-state index contributed by atoms with van der Waals surface area (Å²) in [4.78, 5) is 2.50. The molecule has 0 aromatic carbocycles. The van der Waals surface area contributed by atoms with Gasteiger partial charge in [-0.25, -0.2) is 0 Å². The fourth-order valence-corrected chi connectivity index (χ4v) is 2.19. The van der Waals surface area contributed by atoms with Gasteiger partial charge in [0.2, 0.25) is 0 Å². The van der Waals surface area contributed by atoms with Crippen molar-refractivity contribution in [2.75, 3.05) is 26.2 Å². The van der Waals surface area contributed by atoms with Crippen molar-refractivity contribution in [1.29, 1.82) is 0 Å². The van der Waals surface area contributed by atoms with Gasteiger partial charge in [0.1, 0.15) is 6.10 Å². The number of piperazine rings is 1. The van der Waals surface area contributed by atoms with E-state index in [-0.39, 0.29) is 0 Å². The molecule has 3 nitrogen and oxygen atoms in total. The highest BCUT2D eigenvalue weighted by atomic mass is 16.5. The van der Waals surface area contributed by atoms with E-state index in [1.54, 1.807) is 0 Å². The highest BCUT2D eigenvalue weighted by Gasteiger charge is 2.20. The molecule has 2 atom stereocenters. The Morgan fingerprint density at radius 3 is 3.21 bits per heavy atom. The summed E-state index contributed by atoms with van der Waals surface area (Å²) in [5.74, 6) is 0. The van der Waals surface area contributed by atoms with Crippen molar-refractivity contribution in [2.24, 2.45) is 0 Å². The van der Waals surface area contributed by atoms with Crippen LogP contribution in [0.3, 0.4) is 0 Å². The van der Waals surface area contributed by atoms with Crippen LogP contribution in [0.5, 0.6) is 0 Å². The van der Waals surface area contributed by atoms with Crippen molar-refractivity contribution < 1.29 is 4.74 Å². The maximum absolute atomic E-state index is 5.57. The molecule has 2 aliphatic heterocycles. The molecule has 3 heteroatoms. The zero-order valence-corrected chi connectivity index (χ0v) is 8.91. The Balaban J connectivity index is 1.75. The first kappa shape index (κ1) is 9.99. The van der Waals surface area contributed by atoms with Crippen molar-refractivity contribution in [3.8, 4) is 0 Å². The fraction of sp³-hybridized carbons (Fsp3) is 0.818.